The van der Waals surface area contributed by atoms with Gasteiger partial charge in [-0.1, -0.05) is 12.5 Å². The zero-order valence-electron chi connectivity index (χ0n) is 11.5. The van der Waals surface area contributed by atoms with Crippen molar-refractivity contribution < 1.29 is 8.78 Å². The highest BCUT2D eigenvalue weighted by atomic mass is 19.1. The number of hydrogen-bond acceptors (Lipinski definition) is 2. The van der Waals surface area contributed by atoms with Gasteiger partial charge in [-0.25, -0.2) is 8.78 Å². The number of likely N-dealkylation sites (tertiary alicyclic amines) is 1. The zero-order valence-corrected chi connectivity index (χ0v) is 11.5. The normalized spacial score (nSPS) is 18.5. The van der Waals surface area contributed by atoms with Crippen LogP contribution in [0, 0.1) is 11.6 Å². The average molecular weight is 268 g/mol. The smallest absolute Gasteiger partial charge is 0.130 e. The van der Waals surface area contributed by atoms with E-state index in [1.165, 1.54) is 37.5 Å². The number of rotatable bonds is 5. The minimum absolute atomic E-state index is 0.140. The van der Waals surface area contributed by atoms with Crippen LogP contribution in [0.25, 0.3) is 0 Å². The van der Waals surface area contributed by atoms with Crippen LogP contribution in [-0.2, 0) is 0 Å². The lowest BCUT2D eigenvalue weighted by Gasteiger charge is -2.27. The van der Waals surface area contributed by atoms with Crippen LogP contribution in [0.2, 0.25) is 0 Å². The number of hydrogen-bond donors (Lipinski definition) is 1. The Morgan fingerprint density at radius 2 is 1.79 bits per heavy atom. The van der Waals surface area contributed by atoms with Gasteiger partial charge < -0.3 is 10.2 Å². The van der Waals surface area contributed by atoms with Crippen molar-refractivity contribution in [3.63, 3.8) is 0 Å². The quantitative estimate of drug-likeness (QED) is 0.882. The monoisotopic (exact) mass is 268 g/mol. The first-order chi connectivity index (χ1) is 9.18. The molecule has 0 saturated carbocycles. The highest BCUT2D eigenvalue weighted by Crippen LogP contribution is 2.20. The third-order valence-electron chi connectivity index (χ3n) is 3.76. The average Bonchev–Trinajstić information content (AvgIpc) is 2.40. The molecule has 1 unspecified atom stereocenters. The van der Waals surface area contributed by atoms with Gasteiger partial charge in [0.25, 0.3) is 0 Å². The Morgan fingerprint density at radius 1 is 1.16 bits per heavy atom. The van der Waals surface area contributed by atoms with E-state index in [1.807, 2.05) is 0 Å². The van der Waals surface area contributed by atoms with Crippen LogP contribution in [0.5, 0.6) is 0 Å². The predicted octanol–water partition coefficient (Wildman–Crippen LogP) is 3.10. The van der Waals surface area contributed by atoms with Crippen LogP contribution < -0.4 is 5.32 Å². The zero-order chi connectivity index (χ0) is 13.7. The van der Waals surface area contributed by atoms with E-state index in [0.717, 1.165) is 26.2 Å². The lowest BCUT2D eigenvalue weighted by molar-refractivity contribution is 0.226. The van der Waals surface area contributed by atoms with Crippen LogP contribution in [-0.4, -0.2) is 31.1 Å². The molecular formula is C15H22F2N2. The fraction of sp³-hybridized carbons (Fsp3) is 0.600. The molecule has 1 N–H and O–H groups in total. The Balaban J connectivity index is 1.82. The van der Waals surface area contributed by atoms with Crippen molar-refractivity contribution in [2.75, 3.05) is 26.2 Å². The molecule has 1 aromatic rings. The molecule has 0 bridgehead atoms. The van der Waals surface area contributed by atoms with E-state index in [2.05, 4.69) is 10.2 Å². The van der Waals surface area contributed by atoms with Gasteiger partial charge in [-0.2, -0.15) is 0 Å². The molecule has 1 atom stereocenters. The molecule has 1 aromatic carbocycles. The van der Waals surface area contributed by atoms with Gasteiger partial charge in [0.05, 0.1) is 0 Å². The maximum Gasteiger partial charge on any atom is 0.130 e. The van der Waals surface area contributed by atoms with Gasteiger partial charge in [0.2, 0.25) is 0 Å². The summed E-state index contributed by atoms with van der Waals surface area (Å²) in [5.74, 6) is -0.948. The second-order valence-corrected chi connectivity index (χ2v) is 5.21. The highest BCUT2D eigenvalue weighted by Gasteiger charge is 2.16. The lowest BCUT2D eigenvalue weighted by Crippen LogP contribution is -2.36. The number of benzene rings is 1. The van der Waals surface area contributed by atoms with Crippen molar-refractivity contribution in [2.24, 2.45) is 0 Å². The SMILES string of the molecule is CC(NCCN1CCCCC1)c1c(F)cccc1F. The number of nitrogens with one attached hydrogen (secondary N) is 1. The first kappa shape index (κ1) is 14.4. The van der Waals surface area contributed by atoms with Crippen molar-refractivity contribution in [1.29, 1.82) is 0 Å². The van der Waals surface area contributed by atoms with Gasteiger partial charge in [-0.3, -0.25) is 0 Å². The summed E-state index contributed by atoms with van der Waals surface area (Å²) in [5.41, 5.74) is 0.140. The largest absolute Gasteiger partial charge is 0.309 e. The summed E-state index contributed by atoms with van der Waals surface area (Å²) in [6.45, 7) is 5.79. The summed E-state index contributed by atoms with van der Waals surface area (Å²) >= 11 is 0. The minimum Gasteiger partial charge on any atom is -0.309 e. The van der Waals surface area contributed by atoms with Gasteiger partial charge >= 0.3 is 0 Å². The molecule has 2 rings (SSSR count). The molecule has 2 nitrogen and oxygen atoms in total. The summed E-state index contributed by atoms with van der Waals surface area (Å²) in [7, 11) is 0. The first-order valence-corrected chi connectivity index (χ1v) is 7.08. The number of piperidine rings is 1. The molecular weight excluding hydrogens is 246 g/mol. The van der Waals surface area contributed by atoms with Gasteiger partial charge in [-0.05, 0) is 45.0 Å². The molecule has 0 spiro atoms. The fourth-order valence-corrected chi connectivity index (χ4v) is 2.65. The van der Waals surface area contributed by atoms with Crippen LogP contribution in [0.1, 0.15) is 37.8 Å². The maximum atomic E-state index is 13.6. The van der Waals surface area contributed by atoms with E-state index in [0.29, 0.717) is 0 Å². The number of halogens is 2. The van der Waals surface area contributed by atoms with E-state index in [1.54, 1.807) is 6.92 Å². The Bertz CT molecular complexity index is 383. The van der Waals surface area contributed by atoms with Gasteiger partial charge in [0.1, 0.15) is 11.6 Å². The molecule has 0 radical (unpaired) electrons. The van der Waals surface area contributed by atoms with Gasteiger partial charge in [0, 0.05) is 24.7 Å². The standard InChI is InChI=1S/C15H22F2N2/c1-12(15-13(16)6-5-7-14(15)17)18-8-11-19-9-3-2-4-10-19/h5-7,12,18H,2-4,8-11H2,1H3. The molecule has 0 aliphatic carbocycles. The second kappa shape index (κ2) is 6.96. The summed E-state index contributed by atoms with van der Waals surface area (Å²) in [6.07, 6.45) is 3.84. The van der Waals surface area contributed by atoms with Crippen molar-refractivity contribution in [3.8, 4) is 0 Å². The van der Waals surface area contributed by atoms with Crippen LogP contribution in [0.15, 0.2) is 18.2 Å². The Morgan fingerprint density at radius 3 is 2.42 bits per heavy atom. The van der Waals surface area contributed by atoms with Crippen molar-refractivity contribution in [3.05, 3.63) is 35.4 Å². The predicted molar refractivity (Wildman–Crippen MR) is 73.1 cm³/mol. The third-order valence-corrected chi connectivity index (χ3v) is 3.76. The molecule has 1 aliphatic rings. The Labute approximate surface area is 113 Å². The topological polar surface area (TPSA) is 15.3 Å². The van der Waals surface area contributed by atoms with E-state index < -0.39 is 11.6 Å². The summed E-state index contributed by atoms with van der Waals surface area (Å²) in [5, 5.41) is 3.21. The van der Waals surface area contributed by atoms with Crippen LogP contribution >= 0.6 is 0 Å². The van der Waals surface area contributed by atoms with E-state index in [4.69, 9.17) is 0 Å². The maximum absolute atomic E-state index is 13.6. The molecule has 4 heteroatoms. The molecule has 1 heterocycles. The third kappa shape index (κ3) is 3.98. The fourth-order valence-electron chi connectivity index (χ4n) is 2.65. The molecule has 19 heavy (non-hydrogen) atoms. The summed E-state index contributed by atoms with van der Waals surface area (Å²) in [4.78, 5) is 2.40. The Hall–Kier alpha value is -1.00. The minimum atomic E-state index is -0.474. The van der Waals surface area contributed by atoms with Crippen molar-refractivity contribution in [2.45, 2.75) is 32.2 Å². The molecule has 106 valence electrons. The van der Waals surface area contributed by atoms with E-state index in [-0.39, 0.29) is 11.6 Å². The summed E-state index contributed by atoms with van der Waals surface area (Å²) < 4.78 is 27.2. The van der Waals surface area contributed by atoms with Gasteiger partial charge in [-0.15, -0.1) is 0 Å². The van der Waals surface area contributed by atoms with Crippen molar-refractivity contribution in [1.82, 2.24) is 10.2 Å². The first-order valence-electron chi connectivity index (χ1n) is 7.08. The van der Waals surface area contributed by atoms with Crippen LogP contribution in [0.4, 0.5) is 8.78 Å². The molecule has 0 amide bonds. The van der Waals surface area contributed by atoms with Gasteiger partial charge in [0.15, 0.2) is 0 Å². The lowest BCUT2D eigenvalue weighted by atomic mass is 10.1. The summed E-state index contributed by atoms with van der Waals surface area (Å²) in [6, 6.07) is 3.71. The molecule has 0 aromatic heterocycles. The molecule has 1 saturated heterocycles. The number of nitrogens with zero attached hydrogens (tertiary/aromatic N) is 1. The van der Waals surface area contributed by atoms with E-state index in [9.17, 15) is 8.78 Å². The molecule has 1 aliphatic heterocycles. The van der Waals surface area contributed by atoms with Crippen LogP contribution in [0.3, 0.4) is 0 Å². The van der Waals surface area contributed by atoms with E-state index >= 15 is 0 Å². The van der Waals surface area contributed by atoms with Crippen molar-refractivity contribution >= 4 is 0 Å². The highest BCUT2D eigenvalue weighted by molar-refractivity contribution is 5.22. The molecule has 1 fully saturated rings. The second-order valence-electron chi connectivity index (χ2n) is 5.21. The Kier molecular flexibility index (Phi) is 5.28.